The molecule has 0 aliphatic rings. The molecule has 9 nitrogen and oxygen atoms in total. The maximum atomic E-state index is 12.6. The minimum atomic E-state index is -0.532. The Morgan fingerprint density at radius 2 is 1.48 bits per heavy atom. The number of hydrogen-bond donors (Lipinski definition) is 2. The smallest absolute Gasteiger partial charge is 0.275 e. The van der Waals surface area contributed by atoms with Gasteiger partial charge in [0.25, 0.3) is 11.8 Å². The second-order valence-corrected chi connectivity index (χ2v) is 5.92. The molecular formula is C20H27N3O6. The van der Waals surface area contributed by atoms with Gasteiger partial charge in [0.2, 0.25) is 5.75 Å². The quantitative estimate of drug-likeness (QED) is 0.617. The third-order valence-electron chi connectivity index (χ3n) is 3.96. The number of aryl methyl sites for hydroxylation is 2. The lowest BCUT2D eigenvalue weighted by Crippen LogP contribution is -2.42. The first-order valence-corrected chi connectivity index (χ1v) is 9.58. The molecular weight excluding hydrogens is 378 g/mol. The summed E-state index contributed by atoms with van der Waals surface area (Å²) in [7, 11) is 0. The Balaban J connectivity index is 2.23. The van der Waals surface area contributed by atoms with Gasteiger partial charge in [0.15, 0.2) is 11.5 Å². The Labute approximate surface area is 169 Å². The largest absolute Gasteiger partial charge is 0.490 e. The third-order valence-corrected chi connectivity index (χ3v) is 3.96. The number of nitrogens with zero attached hydrogens (tertiary/aromatic N) is 1. The zero-order valence-corrected chi connectivity index (χ0v) is 17.4. The van der Waals surface area contributed by atoms with Crippen LogP contribution in [0.15, 0.2) is 16.7 Å². The predicted octanol–water partition coefficient (Wildman–Crippen LogP) is 2.82. The summed E-state index contributed by atoms with van der Waals surface area (Å²) in [5.74, 6) is 0.557. The molecule has 1 aromatic carbocycles. The predicted molar refractivity (Wildman–Crippen MR) is 105 cm³/mol. The summed E-state index contributed by atoms with van der Waals surface area (Å²) in [6.45, 7) is 10.2. The van der Waals surface area contributed by atoms with Gasteiger partial charge in [0.1, 0.15) is 11.3 Å². The summed E-state index contributed by atoms with van der Waals surface area (Å²) >= 11 is 0. The molecule has 0 saturated carbocycles. The van der Waals surface area contributed by atoms with Crippen molar-refractivity contribution in [2.45, 2.75) is 41.0 Å². The third kappa shape index (κ3) is 5.18. The molecule has 1 aromatic heterocycles. The van der Waals surface area contributed by atoms with E-state index in [1.165, 1.54) is 0 Å². The van der Waals surface area contributed by atoms with Crippen molar-refractivity contribution in [3.8, 4) is 17.2 Å². The highest BCUT2D eigenvalue weighted by molar-refractivity contribution is 6.00. The Kier molecular flexibility index (Phi) is 7.88. The zero-order chi connectivity index (χ0) is 21.4. The highest BCUT2D eigenvalue weighted by Gasteiger charge is 2.21. The molecule has 0 saturated heterocycles. The molecule has 9 heteroatoms. The Morgan fingerprint density at radius 3 is 2.00 bits per heavy atom. The van der Waals surface area contributed by atoms with E-state index in [0.29, 0.717) is 60.5 Å². The molecule has 0 atom stereocenters. The van der Waals surface area contributed by atoms with E-state index in [1.54, 1.807) is 19.1 Å². The second-order valence-electron chi connectivity index (χ2n) is 5.92. The molecule has 29 heavy (non-hydrogen) atoms. The fourth-order valence-corrected chi connectivity index (χ4v) is 2.72. The number of ether oxygens (including phenoxy) is 3. The van der Waals surface area contributed by atoms with Gasteiger partial charge >= 0.3 is 0 Å². The Hall–Kier alpha value is -3.23. The second kappa shape index (κ2) is 10.4. The molecule has 0 radical (unpaired) electrons. The topological polar surface area (TPSA) is 112 Å². The van der Waals surface area contributed by atoms with Gasteiger partial charge in [-0.25, -0.2) is 0 Å². The van der Waals surface area contributed by atoms with E-state index >= 15 is 0 Å². The summed E-state index contributed by atoms with van der Waals surface area (Å²) in [6, 6.07) is 3.08. The van der Waals surface area contributed by atoms with E-state index in [4.69, 9.17) is 18.7 Å². The molecule has 158 valence electrons. The number of aromatic nitrogens is 1. The van der Waals surface area contributed by atoms with Crippen molar-refractivity contribution in [2.24, 2.45) is 0 Å². The highest BCUT2D eigenvalue weighted by Crippen LogP contribution is 2.39. The average Bonchev–Trinajstić information content (AvgIpc) is 3.09. The average molecular weight is 405 g/mol. The van der Waals surface area contributed by atoms with Crippen molar-refractivity contribution in [1.82, 2.24) is 16.0 Å². The number of carbonyl (C=O) groups is 2. The van der Waals surface area contributed by atoms with Gasteiger partial charge in [-0.3, -0.25) is 20.4 Å². The van der Waals surface area contributed by atoms with Crippen LogP contribution in [0, 0.1) is 6.92 Å². The van der Waals surface area contributed by atoms with Crippen LogP contribution in [0.3, 0.4) is 0 Å². The molecule has 0 aliphatic carbocycles. The lowest BCUT2D eigenvalue weighted by atomic mass is 10.1. The molecule has 2 rings (SSSR count). The first-order valence-electron chi connectivity index (χ1n) is 9.58. The molecule has 2 N–H and O–H groups in total. The minimum absolute atomic E-state index is 0.249. The van der Waals surface area contributed by atoms with Crippen molar-refractivity contribution in [3.63, 3.8) is 0 Å². The van der Waals surface area contributed by atoms with E-state index in [-0.39, 0.29) is 5.56 Å². The summed E-state index contributed by atoms with van der Waals surface area (Å²) in [4.78, 5) is 25.0. The SMILES string of the molecule is CCOc1cc(C(=O)NNC(=O)c2c(CC)noc2C)cc(OCC)c1OCC. The summed E-state index contributed by atoms with van der Waals surface area (Å²) in [6.07, 6.45) is 0.530. The molecule has 2 amide bonds. The van der Waals surface area contributed by atoms with Crippen molar-refractivity contribution in [2.75, 3.05) is 19.8 Å². The molecule has 0 fully saturated rings. The number of rotatable bonds is 9. The van der Waals surface area contributed by atoms with Crippen LogP contribution in [-0.2, 0) is 6.42 Å². The number of hydrogen-bond acceptors (Lipinski definition) is 7. The van der Waals surface area contributed by atoms with E-state index in [2.05, 4.69) is 16.0 Å². The molecule has 0 spiro atoms. The Morgan fingerprint density at radius 1 is 0.931 bits per heavy atom. The van der Waals surface area contributed by atoms with Crippen LogP contribution in [-0.4, -0.2) is 36.8 Å². The number of benzene rings is 1. The van der Waals surface area contributed by atoms with Crippen LogP contribution < -0.4 is 25.1 Å². The van der Waals surface area contributed by atoms with E-state index < -0.39 is 11.8 Å². The zero-order valence-electron chi connectivity index (χ0n) is 17.4. The molecule has 0 aliphatic heterocycles. The maximum Gasteiger partial charge on any atom is 0.275 e. The van der Waals surface area contributed by atoms with Gasteiger partial charge in [0, 0.05) is 5.56 Å². The first-order chi connectivity index (χ1) is 14.0. The maximum absolute atomic E-state index is 12.6. The Bertz CT molecular complexity index is 835. The van der Waals surface area contributed by atoms with Crippen LogP contribution in [0.2, 0.25) is 0 Å². The summed E-state index contributed by atoms with van der Waals surface area (Å²) in [5.41, 5.74) is 5.87. The number of nitrogens with one attached hydrogen (secondary N) is 2. The van der Waals surface area contributed by atoms with Crippen LogP contribution in [0.4, 0.5) is 0 Å². The normalized spacial score (nSPS) is 10.4. The van der Waals surface area contributed by atoms with Gasteiger partial charge in [-0.15, -0.1) is 0 Å². The number of carbonyl (C=O) groups excluding carboxylic acids is 2. The van der Waals surface area contributed by atoms with Crippen molar-refractivity contribution >= 4 is 11.8 Å². The fourth-order valence-electron chi connectivity index (χ4n) is 2.72. The standard InChI is InChI=1S/C20H27N3O6/c1-6-14-17(12(5)29-23-14)20(25)22-21-19(24)13-10-15(26-7-2)18(28-9-4)16(11-13)27-8-3/h10-11H,6-9H2,1-5H3,(H,21,24)(H,22,25). The van der Waals surface area contributed by atoms with Gasteiger partial charge in [-0.1, -0.05) is 12.1 Å². The monoisotopic (exact) mass is 405 g/mol. The molecule has 0 unspecified atom stereocenters. The van der Waals surface area contributed by atoms with Crippen molar-refractivity contribution < 1.29 is 28.3 Å². The number of amides is 2. The van der Waals surface area contributed by atoms with Crippen molar-refractivity contribution in [3.05, 3.63) is 34.7 Å². The van der Waals surface area contributed by atoms with Crippen LogP contribution in [0.5, 0.6) is 17.2 Å². The van der Waals surface area contributed by atoms with Crippen molar-refractivity contribution in [1.29, 1.82) is 0 Å². The molecule has 2 aromatic rings. The van der Waals surface area contributed by atoms with Gasteiger partial charge in [-0.05, 0) is 46.2 Å². The van der Waals surface area contributed by atoms with E-state index in [1.807, 2.05) is 27.7 Å². The van der Waals surface area contributed by atoms with Crippen LogP contribution >= 0.6 is 0 Å². The van der Waals surface area contributed by atoms with Crippen LogP contribution in [0.1, 0.15) is 59.9 Å². The van der Waals surface area contributed by atoms with Crippen LogP contribution in [0.25, 0.3) is 0 Å². The lowest BCUT2D eigenvalue weighted by Gasteiger charge is -2.17. The van der Waals surface area contributed by atoms with Gasteiger partial charge in [0.05, 0.1) is 25.5 Å². The highest BCUT2D eigenvalue weighted by atomic mass is 16.5. The van der Waals surface area contributed by atoms with E-state index in [0.717, 1.165) is 0 Å². The summed E-state index contributed by atoms with van der Waals surface area (Å²) in [5, 5.41) is 3.84. The van der Waals surface area contributed by atoms with Gasteiger partial charge in [-0.2, -0.15) is 0 Å². The fraction of sp³-hybridized carbons (Fsp3) is 0.450. The number of hydrazine groups is 1. The minimum Gasteiger partial charge on any atom is -0.490 e. The first kappa shape index (κ1) is 22.1. The molecule has 0 bridgehead atoms. The molecule has 1 heterocycles. The van der Waals surface area contributed by atoms with Gasteiger partial charge < -0.3 is 18.7 Å². The summed E-state index contributed by atoms with van der Waals surface area (Å²) < 4.78 is 21.9. The lowest BCUT2D eigenvalue weighted by molar-refractivity contribution is 0.0844. The van der Waals surface area contributed by atoms with E-state index in [9.17, 15) is 9.59 Å².